The zero-order valence-electron chi connectivity index (χ0n) is 11.3. The van der Waals surface area contributed by atoms with Crippen molar-refractivity contribution in [3.63, 3.8) is 0 Å². The standard InChI is InChI=1S/C14H17ClN2O3/c1-10(18)13(19)16-6-8-17(9-7-16)14(20)11-2-4-12(15)5-3-11/h2-5,10,18H,6-9H2,1H3. The van der Waals surface area contributed by atoms with Crippen LogP contribution < -0.4 is 0 Å². The van der Waals surface area contributed by atoms with Crippen LogP contribution in [0.2, 0.25) is 5.02 Å². The van der Waals surface area contributed by atoms with Gasteiger partial charge >= 0.3 is 0 Å². The molecule has 0 radical (unpaired) electrons. The first-order valence-electron chi connectivity index (χ1n) is 6.50. The number of benzene rings is 1. The van der Waals surface area contributed by atoms with Gasteiger partial charge in [-0.25, -0.2) is 0 Å². The molecule has 0 bridgehead atoms. The number of nitrogens with zero attached hydrogens (tertiary/aromatic N) is 2. The molecule has 1 heterocycles. The number of aliphatic hydroxyl groups is 1. The van der Waals surface area contributed by atoms with Gasteiger partial charge in [-0.2, -0.15) is 0 Å². The van der Waals surface area contributed by atoms with E-state index >= 15 is 0 Å². The van der Waals surface area contributed by atoms with Crippen LogP contribution in [0.4, 0.5) is 0 Å². The van der Waals surface area contributed by atoms with E-state index in [0.29, 0.717) is 36.8 Å². The molecule has 1 aromatic rings. The van der Waals surface area contributed by atoms with E-state index in [2.05, 4.69) is 0 Å². The second kappa shape index (κ2) is 6.24. The van der Waals surface area contributed by atoms with Gasteiger partial charge in [0.1, 0.15) is 6.10 Å². The van der Waals surface area contributed by atoms with Gasteiger partial charge in [-0.1, -0.05) is 11.6 Å². The number of halogens is 1. The number of hydrogen-bond acceptors (Lipinski definition) is 3. The summed E-state index contributed by atoms with van der Waals surface area (Å²) in [7, 11) is 0. The number of carbonyl (C=O) groups is 2. The summed E-state index contributed by atoms with van der Waals surface area (Å²) in [5.74, 6) is -0.352. The van der Waals surface area contributed by atoms with Crippen LogP contribution >= 0.6 is 11.6 Å². The van der Waals surface area contributed by atoms with Crippen molar-refractivity contribution >= 4 is 23.4 Å². The van der Waals surface area contributed by atoms with Gasteiger partial charge in [-0.3, -0.25) is 9.59 Å². The lowest BCUT2D eigenvalue weighted by molar-refractivity contribution is -0.140. The van der Waals surface area contributed by atoms with Crippen molar-refractivity contribution in [1.29, 1.82) is 0 Å². The van der Waals surface area contributed by atoms with E-state index in [1.807, 2.05) is 0 Å². The first-order chi connectivity index (χ1) is 9.49. The van der Waals surface area contributed by atoms with Crippen LogP contribution in [-0.2, 0) is 4.79 Å². The van der Waals surface area contributed by atoms with Gasteiger partial charge < -0.3 is 14.9 Å². The molecule has 1 aliphatic rings. The quantitative estimate of drug-likeness (QED) is 0.886. The summed E-state index contributed by atoms with van der Waals surface area (Å²) in [6.07, 6.45) is -0.992. The zero-order chi connectivity index (χ0) is 14.7. The normalized spacial score (nSPS) is 16.9. The smallest absolute Gasteiger partial charge is 0.253 e. The van der Waals surface area contributed by atoms with Gasteiger partial charge in [0.05, 0.1) is 0 Å². The summed E-state index contributed by atoms with van der Waals surface area (Å²) in [5.41, 5.74) is 0.588. The number of amides is 2. The third-order valence-corrected chi connectivity index (χ3v) is 3.58. The van der Waals surface area contributed by atoms with E-state index in [0.717, 1.165) is 0 Å². The van der Waals surface area contributed by atoms with Crippen LogP contribution in [-0.4, -0.2) is 59.0 Å². The maximum atomic E-state index is 12.3. The predicted molar refractivity (Wildman–Crippen MR) is 75.6 cm³/mol. The Morgan fingerprint density at radius 3 is 2.10 bits per heavy atom. The molecule has 0 aromatic heterocycles. The molecule has 1 fully saturated rings. The van der Waals surface area contributed by atoms with Gasteiger partial charge in [-0.05, 0) is 31.2 Å². The fraction of sp³-hybridized carbons (Fsp3) is 0.429. The fourth-order valence-electron chi connectivity index (χ4n) is 2.17. The second-order valence-corrected chi connectivity index (χ2v) is 5.24. The largest absolute Gasteiger partial charge is 0.384 e. The third kappa shape index (κ3) is 3.29. The molecule has 0 spiro atoms. The van der Waals surface area contributed by atoms with Crippen LogP contribution in [0.5, 0.6) is 0 Å². The summed E-state index contributed by atoms with van der Waals surface area (Å²) >= 11 is 5.79. The van der Waals surface area contributed by atoms with Crippen molar-refractivity contribution in [1.82, 2.24) is 9.80 Å². The molecule has 0 aliphatic carbocycles. The van der Waals surface area contributed by atoms with Gasteiger partial charge in [0.25, 0.3) is 11.8 Å². The monoisotopic (exact) mass is 296 g/mol. The Kier molecular flexibility index (Phi) is 4.62. The highest BCUT2D eigenvalue weighted by molar-refractivity contribution is 6.30. The van der Waals surface area contributed by atoms with E-state index in [9.17, 15) is 14.7 Å². The summed E-state index contributed by atoms with van der Waals surface area (Å²) < 4.78 is 0. The highest BCUT2D eigenvalue weighted by atomic mass is 35.5. The van der Waals surface area contributed by atoms with E-state index in [4.69, 9.17) is 11.6 Å². The molecular weight excluding hydrogens is 280 g/mol. The maximum absolute atomic E-state index is 12.3. The molecule has 6 heteroatoms. The molecule has 20 heavy (non-hydrogen) atoms. The molecule has 1 saturated heterocycles. The number of hydrogen-bond donors (Lipinski definition) is 1. The average Bonchev–Trinajstić information content (AvgIpc) is 2.46. The highest BCUT2D eigenvalue weighted by Gasteiger charge is 2.26. The molecule has 1 N–H and O–H groups in total. The van der Waals surface area contributed by atoms with Crippen molar-refractivity contribution in [3.05, 3.63) is 34.9 Å². The van der Waals surface area contributed by atoms with Crippen molar-refractivity contribution < 1.29 is 14.7 Å². The molecule has 5 nitrogen and oxygen atoms in total. The molecule has 1 aromatic carbocycles. The number of aliphatic hydroxyl groups excluding tert-OH is 1. The average molecular weight is 297 g/mol. The van der Waals surface area contributed by atoms with Gasteiger partial charge in [0.15, 0.2) is 0 Å². The molecule has 1 atom stereocenters. The van der Waals surface area contributed by atoms with Crippen LogP contribution in [0.1, 0.15) is 17.3 Å². The lowest BCUT2D eigenvalue weighted by Crippen LogP contribution is -2.52. The van der Waals surface area contributed by atoms with Gasteiger partial charge in [0.2, 0.25) is 0 Å². The summed E-state index contributed by atoms with van der Waals surface area (Å²) in [5, 5.41) is 9.86. The third-order valence-electron chi connectivity index (χ3n) is 3.33. The second-order valence-electron chi connectivity index (χ2n) is 4.80. The number of carbonyl (C=O) groups excluding carboxylic acids is 2. The lowest BCUT2D eigenvalue weighted by atomic mass is 10.2. The Bertz CT molecular complexity index is 494. The number of rotatable bonds is 2. The van der Waals surface area contributed by atoms with Crippen molar-refractivity contribution in [2.75, 3.05) is 26.2 Å². The molecule has 1 aliphatic heterocycles. The molecule has 0 saturated carbocycles. The lowest BCUT2D eigenvalue weighted by Gasteiger charge is -2.35. The van der Waals surface area contributed by atoms with Crippen molar-refractivity contribution in [3.8, 4) is 0 Å². The number of piperazine rings is 1. The minimum Gasteiger partial charge on any atom is -0.384 e. The summed E-state index contributed by atoms with van der Waals surface area (Å²) in [6.45, 7) is 3.29. The predicted octanol–water partition coefficient (Wildman–Crippen LogP) is 1.01. The molecule has 1 unspecified atom stereocenters. The van der Waals surface area contributed by atoms with Crippen LogP contribution in [0, 0.1) is 0 Å². The van der Waals surface area contributed by atoms with E-state index in [1.54, 1.807) is 34.1 Å². The summed E-state index contributed by atoms with van der Waals surface area (Å²) in [4.78, 5) is 27.2. The van der Waals surface area contributed by atoms with Crippen molar-refractivity contribution in [2.45, 2.75) is 13.0 Å². The topological polar surface area (TPSA) is 60.9 Å². The Balaban J connectivity index is 1.95. The molecule has 2 amide bonds. The van der Waals surface area contributed by atoms with E-state index in [1.165, 1.54) is 6.92 Å². The van der Waals surface area contributed by atoms with Crippen molar-refractivity contribution in [2.24, 2.45) is 0 Å². The Labute approximate surface area is 122 Å². The van der Waals surface area contributed by atoms with E-state index in [-0.39, 0.29) is 11.8 Å². The Morgan fingerprint density at radius 2 is 1.60 bits per heavy atom. The fourth-order valence-corrected chi connectivity index (χ4v) is 2.30. The summed E-state index contributed by atoms with van der Waals surface area (Å²) in [6, 6.07) is 6.75. The van der Waals surface area contributed by atoms with Crippen LogP contribution in [0.25, 0.3) is 0 Å². The first kappa shape index (κ1) is 14.8. The SMILES string of the molecule is CC(O)C(=O)N1CCN(C(=O)c2ccc(Cl)cc2)CC1. The van der Waals surface area contributed by atoms with Gasteiger partial charge in [-0.15, -0.1) is 0 Å². The molecule has 108 valence electrons. The minimum absolute atomic E-state index is 0.0641. The minimum atomic E-state index is -0.992. The molecular formula is C14H17ClN2O3. The van der Waals surface area contributed by atoms with E-state index < -0.39 is 6.10 Å². The van der Waals surface area contributed by atoms with Crippen LogP contribution in [0.3, 0.4) is 0 Å². The van der Waals surface area contributed by atoms with Crippen LogP contribution in [0.15, 0.2) is 24.3 Å². The zero-order valence-corrected chi connectivity index (χ0v) is 12.0. The Hall–Kier alpha value is -1.59. The van der Waals surface area contributed by atoms with Gasteiger partial charge in [0, 0.05) is 36.8 Å². The first-order valence-corrected chi connectivity index (χ1v) is 6.88. The molecule has 2 rings (SSSR count). The highest BCUT2D eigenvalue weighted by Crippen LogP contribution is 2.13. The maximum Gasteiger partial charge on any atom is 0.253 e. The Morgan fingerprint density at radius 1 is 1.10 bits per heavy atom.